The molecule has 1 N–H and O–H groups in total. The fraction of sp³-hybridized carbons (Fsp3) is 0.837. The summed E-state index contributed by atoms with van der Waals surface area (Å²) in [4.78, 5) is 38.9. The number of unbranched alkanes of at least 4 members (excludes halogenated alkanes) is 24. The Labute approximate surface area is 297 Å². The van der Waals surface area contributed by atoms with Crippen LogP contribution in [0.4, 0.5) is 0 Å². The van der Waals surface area contributed by atoms with Crippen molar-refractivity contribution in [3.8, 4) is 0 Å². The van der Waals surface area contributed by atoms with E-state index in [9.17, 15) is 19.5 Å². The standard InChI is InChI=1S/C43H76NO4/c1-3-5-7-9-11-13-15-17-19-21-23-25-27-29-31-33-35-40(46)43(39-45,44-41(47)36-37-42(44)48)38-34-32-30-28-26-24-22-20-18-16-14-12-10-8-6-4-2/h17-20,40,46H,3-16,21-38H2,1-2H3/b19-17-,20-18-/t40?,43-/m1/s1. The Hall–Kier alpha value is -1.75. The third-order valence-corrected chi connectivity index (χ3v) is 10.2. The molecule has 0 saturated carbocycles. The Bertz CT molecular complexity index is 836. The highest BCUT2D eigenvalue weighted by Crippen LogP contribution is 2.33. The minimum atomic E-state index is -1.53. The Morgan fingerprint density at radius 3 is 1.27 bits per heavy atom. The number of hydrogen-bond donors (Lipinski definition) is 1. The Morgan fingerprint density at radius 2 is 0.896 bits per heavy atom. The molecule has 277 valence electrons. The van der Waals surface area contributed by atoms with E-state index in [-0.39, 0.29) is 24.7 Å². The summed E-state index contributed by atoms with van der Waals surface area (Å²) in [6.07, 6.45) is 44.9. The van der Waals surface area contributed by atoms with Gasteiger partial charge >= 0.3 is 0 Å². The van der Waals surface area contributed by atoms with E-state index < -0.39 is 11.6 Å². The zero-order valence-electron chi connectivity index (χ0n) is 31.6. The van der Waals surface area contributed by atoms with Gasteiger partial charge in [-0.25, -0.2) is 0 Å². The van der Waals surface area contributed by atoms with Crippen molar-refractivity contribution in [3.63, 3.8) is 0 Å². The zero-order valence-corrected chi connectivity index (χ0v) is 31.6. The molecular formula is C43H76NO4. The van der Waals surface area contributed by atoms with Crippen molar-refractivity contribution < 1.29 is 19.5 Å². The van der Waals surface area contributed by atoms with Crippen molar-refractivity contribution in [2.45, 2.75) is 231 Å². The number of nitrogens with zero attached hydrogens (tertiary/aromatic N) is 1. The fourth-order valence-electron chi connectivity index (χ4n) is 7.08. The summed E-state index contributed by atoms with van der Waals surface area (Å²) in [7, 11) is 0. The Balaban J connectivity index is 2.27. The molecule has 1 unspecified atom stereocenters. The Kier molecular flexibility index (Phi) is 28.8. The van der Waals surface area contributed by atoms with E-state index >= 15 is 0 Å². The van der Waals surface area contributed by atoms with Crippen molar-refractivity contribution in [3.05, 3.63) is 24.3 Å². The van der Waals surface area contributed by atoms with E-state index in [0.717, 1.165) is 56.3 Å². The van der Waals surface area contributed by atoms with Crippen LogP contribution in [0.3, 0.4) is 0 Å². The minimum Gasteiger partial charge on any atom is -0.390 e. The maximum Gasteiger partial charge on any atom is 0.230 e. The van der Waals surface area contributed by atoms with Gasteiger partial charge in [0.25, 0.3) is 0 Å². The molecule has 1 rings (SSSR count). The lowest BCUT2D eigenvalue weighted by Gasteiger charge is -2.39. The van der Waals surface area contributed by atoms with E-state index in [0.29, 0.717) is 19.3 Å². The summed E-state index contributed by atoms with van der Waals surface area (Å²) < 4.78 is 0. The van der Waals surface area contributed by atoms with E-state index in [2.05, 4.69) is 38.2 Å². The van der Waals surface area contributed by atoms with Crippen LogP contribution in [0.1, 0.15) is 219 Å². The van der Waals surface area contributed by atoms with Gasteiger partial charge in [0.1, 0.15) is 5.54 Å². The lowest BCUT2D eigenvalue weighted by molar-refractivity contribution is -0.148. The number of carbonyl (C=O) groups excluding carboxylic acids is 3. The smallest absolute Gasteiger partial charge is 0.230 e. The molecule has 1 aliphatic rings. The van der Waals surface area contributed by atoms with E-state index in [4.69, 9.17) is 0 Å². The summed E-state index contributed by atoms with van der Waals surface area (Å²) in [6.45, 7) is 4.52. The first-order valence-corrected chi connectivity index (χ1v) is 20.8. The van der Waals surface area contributed by atoms with E-state index in [1.54, 1.807) is 0 Å². The molecule has 1 radical (unpaired) electrons. The number of imide groups is 1. The molecule has 0 aromatic carbocycles. The summed E-state index contributed by atoms with van der Waals surface area (Å²) in [5.41, 5.74) is -1.53. The number of likely N-dealkylation sites (tertiary alicyclic amines) is 1. The van der Waals surface area contributed by atoms with Crippen LogP contribution >= 0.6 is 0 Å². The van der Waals surface area contributed by atoms with Crippen LogP contribution in [-0.2, 0) is 14.4 Å². The van der Waals surface area contributed by atoms with Gasteiger partial charge in [-0.05, 0) is 64.2 Å². The van der Waals surface area contributed by atoms with Gasteiger partial charge < -0.3 is 5.11 Å². The van der Waals surface area contributed by atoms with Crippen molar-refractivity contribution in [2.75, 3.05) is 0 Å². The first kappa shape index (κ1) is 44.3. The number of rotatable bonds is 35. The van der Waals surface area contributed by atoms with Crippen LogP contribution in [0.2, 0.25) is 0 Å². The van der Waals surface area contributed by atoms with Gasteiger partial charge in [-0.2, -0.15) is 0 Å². The highest BCUT2D eigenvalue weighted by atomic mass is 16.3. The molecule has 1 heterocycles. The van der Waals surface area contributed by atoms with Crippen LogP contribution in [0.15, 0.2) is 24.3 Å². The molecule has 1 aliphatic heterocycles. The highest BCUT2D eigenvalue weighted by Gasteiger charge is 2.51. The summed E-state index contributed by atoms with van der Waals surface area (Å²) >= 11 is 0. The Morgan fingerprint density at radius 1 is 0.562 bits per heavy atom. The summed E-state index contributed by atoms with van der Waals surface area (Å²) in [5, 5.41) is 11.3. The first-order chi connectivity index (χ1) is 23.5. The molecule has 0 spiro atoms. The lowest BCUT2D eigenvalue weighted by Crippen LogP contribution is -2.60. The third-order valence-electron chi connectivity index (χ3n) is 10.2. The molecule has 2 amide bonds. The second-order valence-corrected chi connectivity index (χ2v) is 14.6. The number of aliphatic hydroxyl groups is 1. The average Bonchev–Trinajstić information content (AvgIpc) is 3.43. The molecule has 0 bridgehead atoms. The number of aliphatic hydroxyl groups excluding tert-OH is 1. The summed E-state index contributed by atoms with van der Waals surface area (Å²) in [5.74, 6) is -0.680. The molecule has 1 fully saturated rings. The van der Waals surface area contributed by atoms with Gasteiger partial charge in [0.2, 0.25) is 18.1 Å². The first-order valence-electron chi connectivity index (χ1n) is 20.8. The van der Waals surface area contributed by atoms with Gasteiger partial charge in [-0.1, -0.05) is 167 Å². The van der Waals surface area contributed by atoms with Crippen molar-refractivity contribution >= 4 is 18.1 Å². The molecule has 48 heavy (non-hydrogen) atoms. The maximum atomic E-state index is 12.7. The van der Waals surface area contributed by atoms with Gasteiger partial charge in [0.05, 0.1) is 6.10 Å². The number of hydrogen-bond acceptors (Lipinski definition) is 4. The minimum absolute atomic E-state index is 0.122. The van der Waals surface area contributed by atoms with Crippen molar-refractivity contribution in [1.29, 1.82) is 0 Å². The molecule has 5 heteroatoms. The van der Waals surface area contributed by atoms with Crippen molar-refractivity contribution in [1.82, 2.24) is 4.90 Å². The van der Waals surface area contributed by atoms with Gasteiger partial charge in [-0.15, -0.1) is 0 Å². The van der Waals surface area contributed by atoms with Gasteiger partial charge in [0.15, 0.2) is 0 Å². The molecule has 0 aromatic rings. The molecular weight excluding hydrogens is 594 g/mol. The predicted octanol–water partition coefficient (Wildman–Crippen LogP) is 12.2. The van der Waals surface area contributed by atoms with Crippen molar-refractivity contribution in [2.24, 2.45) is 0 Å². The topological polar surface area (TPSA) is 74.7 Å². The summed E-state index contributed by atoms with van der Waals surface area (Å²) in [6, 6.07) is 0. The van der Waals surface area contributed by atoms with Crippen LogP contribution in [0.5, 0.6) is 0 Å². The SMILES string of the molecule is CCCCCCCC/C=C\CCCCCCCCC(O)[C@]([C]=O)(CCCCCCCC/C=C\CCCCCCCC)N1C(=O)CCC1=O. The van der Waals surface area contributed by atoms with E-state index in [1.165, 1.54) is 122 Å². The third kappa shape index (κ3) is 20.7. The monoisotopic (exact) mass is 671 g/mol. The number of carbonyl (C=O) groups is 2. The van der Waals surface area contributed by atoms with Crippen LogP contribution in [0, 0.1) is 0 Å². The quantitative estimate of drug-likeness (QED) is 0.0414. The molecule has 0 aromatic heterocycles. The predicted molar refractivity (Wildman–Crippen MR) is 204 cm³/mol. The van der Waals surface area contributed by atoms with Gasteiger partial charge in [0, 0.05) is 12.8 Å². The second-order valence-electron chi connectivity index (χ2n) is 14.6. The van der Waals surface area contributed by atoms with Gasteiger partial charge in [-0.3, -0.25) is 19.3 Å². The normalized spacial score (nSPS) is 15.7. The maximum absolute atomic E-state index is 12.7. The fourth-order valence-corrected chi connectivity index (χ4v) is 7.08. The lowest BCUT2D eigenvalue weighted by atomic mass is 9.83. The number of allylic oxidation sites excluding steroid dienone is 4. The average molecular weight is 671 g/mol. The van der Waals surface area contributed by atoms with Crippen LogP contribution < -0.4 is 0 Å². The molecule has 2 atom stereocenters. The van der Waals surface area contributed by atoms with Crippen LogP contribution in [-0.4, -0.2) is 39.7 Å². The molecule has 1 saturated heterocycles. The number of amides is 2. The largest absolute Gasteiger partial charge is 0.390 e. The molecule has 5 nitrogen and oxygen atoms in total. The second kappa shape index (κ2) is 31.2. The highest BCUT2D eigenvalue weighted by molar-refractivity contribution is 6.05. The van der Waals surface area contributed by atoms with E-state index in [1.807, 2.05) is 6.29 Å². The molecule has 0 aliphatic carbocycles. The zero-order chi connectivity index (χ0) is 35.0. The van der Waals surface area contributed by atoms with Crippen LogP contribution in [0.25, 0.3) is 0 Å².